The van der Waals surface area contributed by atoms with Crippen molar-refractivity contribution in [2.24, 2.45) is 5.92 Å². The van der Waals surface area contributed by atoms with Gasteiger partial charge in [0.25, 0.3) is 5.91 Å². The molecular formula is C20H27N3O2. The highest BCUT2D eigenvalue weighted by atomic mass is 16.5. The minimum atomic E-state index is 0.0915. The summed E-state index contributed by atoms with van der Waals surface area (Å²) in [6.07, 6.45) is 12.9. The van der Waals surface area contributed by atoms with Crippen molar-refractivity contribution in [2.45, 2.75) is 37.8 Å². The minimum Gasteiger partial charge on any atom is -0.374 e. The average molecular weight is 341 g/mol. The summed E-state index contributed by atoms with van der Waals surface area (Å²) in [4.78, 5) is 21.6. The Morgan fingerprint density at radius 3 is 3.04 bits per heavy atom. The van der Waals surface area contributed by atoms with Gasteiger partial charge in [-0.2, -0.15) is 0 Å². The topological polar surface area (TPSA) is 45.7 Å². The van der Waals surface area contributed by atoms with Gasteiger partial charge in [0.1, 0.15) is 0 Å². The first-order chi connectivity index (χ1) is 12.3. The molecule has 134 valence electrons. The Labute approximate surface area is 149 Å². The van der Waals surface area contributed by atoms with Crippen LogP contribution in [0.5, 0.6) is 0 Å². The van der Waals surface area contributed by atoms with Gasteiger partial charge >= 0.3 is 0 Å². The lowest BCUT2D eigenvalue weighted by Crippen LogP contribution is -2.61. The first kappa shape index (κ1) is 16.7. The summed E-state index contributed by atoms with van der Waals surface area (Å²) in [7, 11) is 0. The van der Waals surface area contributed by atoms with Crippen LogP contribution in [0.15, 0.2) is 36.7 Å². The molecule has 3 atom stereocenters. The molecule has 5 nitrogen and oxygen atoms in total. The lowest BCUT2D eigenvalue weighted by atomic mass is 9.91. The maximum Gasteiger partial charge on any atom is 0.255 e. The van der Waals surface area contributed by atoms with E-state index >= 15 is 0 Å². The number of morpholine rings is 1. The third kappa shape index (κ3) is 3.77. The molecule has 2 aliphatic heterocycles. The van der Waals surface area contributed by atoms with Crippen LogP contribution in [-0.2, 0) is 4.74 Å². The molecule has 0 N–H and O–H groups in total. The summed E-state index contributed by atoms with van der Waals surface area (Å²) < 4.78 is 5.99. The van der Waals surface area contributed by atoms with Crippen LogP contribution in [0.4, 0.5) is 0 Å². The van der Waals surface area contributed by atoms with E-state index in [1.807, 2.05) is 17.0 Å². The quantitative estimate of drug-likeness (QED) is 0.792. The molecule has 0 saturated carbocycles. The number of amides is 1. The van der Waals surface area contributed by atoms with Crippen molar-refractivity contribution in [2.75, 3.05) is 32.8 Å². The Kier molecular flexibility index (Phi) is 5.13. The summed E-state index contributed by atoms with van der Waals surface area (Å²) in [6, 6.07) is 3.85. The molecule has 1 aromatic rings. The SMILES string of the molecule is O=C(c1cccnc1)N1CCO[C@H]2CCN(C[C@@H]3CC=CCC3)C[C@@H]21. The number of likely N-dealkylation sites (tertiary alicyclic amines) is 1. The molecule has 0 unspecified atom stereocenters. The van der Waals surface area contributed by atoms with Crippen molar-refractivity contribution in [1.29, 1.82) is 0 Å². The molecule has 1 aromatic heterocycles. The van der Waals surface area contributed by atoms with E-state index in [2.05, 4.69) is 22.0 Å². The monoisotopic (exact) mass is 341 g/mol. The van der Waals surface area contributed by atoms with Gasteiger partial charge in [-0.05, 0) is 43.7 Å². The van der Waals surface area contributed by atoms with E-state index < -0.39 is 0 Å². The largest absolute Gasteiger partial charge is 0.374 e. The molecule has 0 aromatic carbocycles. The zero-order valence-corrected chi connectivity index (χ0v) is 14.7. The molecule has 1 aliphatic carbocycles. The van der Waals surface area contributed by atoms with E-state index in [9.17, 15) is 4.79 Å². The maximum absolute atomic E-state index is 13.0. The Morgan fingerprint density at radius 2 is 2.24 bits per heavy atom. The summed E-state index contributed by atoms with van der Waals surface area (Å²) >= 11 is 0. The van der Waals surface area contributed by atoms with Crippen LogP contribution in [0.3, 0.4) is 0 Å². The third-order valence-corrected chi connectivity index (χ3v) is 5.73. The molecule has 2 fully saturated rings. The molecule has 1 amide bonds. The number of hydrogen-bond donors (Lipinski definition) is 0. The van der Waals surface area contributed by atoms with Crippen LogP contribution in [0.25, 0.3) is 0 Å². The molecule has 2 saturated heterocycles. The highest BCUT2D eigenvalue weighted by molar-refractivity contribution is 5.94. The number of piperidine rings is 1. The normalized spacial score (nSPS) is 30.1. The summed E-state index contributed by atoms with van der Waals surface area (Å²) in [5.74, 6) is 0.849. The van der Waals surface area contributed by atoms with Crippen molar-refractivity contribution in [3.63, 3.8) is 0 Å². The van der Waals surface area contributed by atoms with Crippen LogP contribution >= 0.6 is 0 Å². The number of aromatic nitrogens is 1. The number of hydrogen-bond acceptors (Lipinski definition) is 4. The summed E-state index contributed by atoms with van der Waals surface area (Å²) in [5.41, 5.74) is 0.678. The molecule has 0 radical (unpaired) electrons. The molecule has 4 rings (SSSR count). The molecular weight excluding hydrogens is 314 g/mol. The second-order valence-corrected chi connectivity index (χ2v) is 7.42. The summed E-state index contributed by atoms with van der Waals surface area (Å²) in [6.45, 7) is 4.46. The standard InChI is InChI=1S/C20H27N3O2/c24-20(17-7-4-9-21-13-17)23-11-12-25-19-8-10-22(15-18(19)23)14-16-5-2-1-3-6-16/h1-2,4,7,9,13,16,18-19H,3,5-6,8,10-12,14-15H2/t16-,18+,19+/m1/s1. The number of pyridine rings is 1. The van der Waals surface area contributed by atoms with Gasteiger partial charge in [-0.3, -0.25) is 9.78 Å². The number of rotatable bonds is 3. The third-order valence-electron chi connectivity index (χ3n) is 5.73. The van der Waals surface area contributed by atoms with Gasteiger partial charge in [0, 0.05) is 38.6 Å². The molecule has 3 aliphatic rings. The first-order valence-corrected chi connectivity index (χ1v) is 9.51. The molecule has 0 bridgehead atoms. The lowest BCUT2D eigenvalue weighted by molar-refractivity contribution is -0.0918. The number of allylic oxidation sites excluding steroid dienone is 2. The van der Waals surface area contributed by atoms with Crippen LogP contribution in [0.2, 0.25) is 0 Å². The maximum atomic E-state index is 13.0. The predicted molar refractivity (Wildman–Crippen MR) is 96.3 cm³/mol. The zero-order valence-electron chi connectivity index (χ0n) is 14.7. The molecule has 25 heavy (non-hydrogen) atoms. The van der Waals surface area contributed by atoms with Crippen molar-refractivity contribution >= 4 is 5.91 Å². The highest BCUT2D eigenvalue weighted by Gasteiger charge is 2.39. The van der Waals surface area contributed by atoms with E-state index in [4.69, 9.17) is 4.74 Å². The fourth-order valence-corrected chi connectivity index (χ4v) is 4.40. The van der Waals surface area contributed by atoms with Gasteiger partial charge in [-0.25, -0.2) is 0 Å². The second kappa shape index (κ2) is 7.67. The second-order valence-electron chi connectivity index (χ2n) is 7.42. The van der Waals surface area contributed by atoms with E-state index in [1.54, 1.807) is 12.4 Å². The Morgan fingerprint density at radius 1 is 1.28 bits per heavy atom. The summed E-state index contributed by atoms with van der Waals surface area (Å²) in [5, 5.41) is 0. The van der Waals surface area contributed by atoms with Crippen LogP contribution in [0, 0.1) is 5.92 Å². The van der Waals surface area contributed by atoms with Crippen molar-refractivity contribution in [3.05, 3.63) is 42.2 Å². The van der Waals surface area contributed by atoms with E-state index in [0.717, 1.165) is 32.0 Å². The average Bonchev–Trinajstić information content (AvgIpc) is 2.68. The van der Waals surface area contributed by atoms with Crippen molar-refractivity contribution in [3.8, 4) is 0 Å². The smallest absolute Gasteiger partial charge is 0.255 e. The van der Waals surface area contributed by atoms with Gasteiger partial charge < -0.3 is 14.5 Å². The molecule has 3 heterocycles. The van der Waals surface area contributed by atoms with Gasteiger partial charge in [-0.15, -0.1) is 0 Å². The number of ether oxygens (including phenoxy) is 1. The minimum absolute atomic E-state index is 0.0915. The van der Waals surface area contributed by atoms with Gasteiger partial charge in [0.2, 0.25) is 0 Å². The van der Waals surface area contributed by atoms with Crippen molar-refractivity contribution < 1.29 is 9.53 Å². The Bertz CT molecular complexity index is 619. The zero-order chi connectivity index (χ0) is 17.1. The Hall–Kier alpha value is -1.72. The van der Waals surface area contributed by atoms with Crippen LogP contribution in [0.1, 0.15) is 36.0 Å². The van der Waals surface area contributed by atoms with Crippen LogP contribution in [-0.4, -0.2) is 65.6 Å². The molecule has 5 heteroatoms. The number of carbonyl (C=O) groups is 1. The Balaban J connectivity index is 1.44. The van der Waals surface area contributed by atoms with Gasteiger partial charge in [0.15, 0.2) is 0 Å². The fraction of sp³-hybridized carbons (Fsp3) is 0.600. The molecule has 0 spiro atoms. The van der Waals surface area contributed by atoms with E-state index in [-0.39, 0.29) is 18.1 Å². The van der Waals surface area contributed by atoms with Gasteiger partial charge in [0.05, 0.1) is 24.3 Å². The van der Waals surface area contributed by atoms with E-state index in [1.165, 1.54) is 19.3 Å². The van der Waals surface area contributed by atoms with E-state index in [0.29, 0.717) is 18.7 Å². The van der Waals surface area contributed by atoms with Crippen LogP contribution < -0.4 is 0 Å². The number of nitrogens with zero attached hydrogens (tertiary/aromatic N) is 3. The predicted octanol–water partition coefficient (Wildman–Crippen LogP) is 2.35. The number of fused-ring (bicyclic) bond motifs is 1. The fourth-order valence-electron chi connectivity index (χ4n) is 4.40. The first-order valence-electron chi connectivity index (χ1n) is 9.51. The van der Waals surface area contributed by atoms with Gasteiger partial charge in [-0.1, -0.05) is 12.2 Å². The lowest BCUT2D eigenvalue weighted by Gasteiger charge is -2.47. The number of carbonyl (C=O) groups excluding carboxylic acids is 1. The highest BCUT2D eigenvalue weighted by Crippen LogP contribution is 2.27. The van der Waals surface area contributed by atoms with Crippen molar-refractivity contribution in [1.82, 2.24) is 14.8 Å².